The average Bonchev–Trinajstić information content (AvgIpc) is 2.92. The van der Waals surface area contributed by atoms with Crippen molar-refractivity contribution in [1.29, 1.82) is 0 Å². The zero-order valence-electron chi connectivity index (χ0n) is 7.47. The van der Waals surface area contributed by atoms with Crippen LogP contribution < -0.4 is 4.72 Å². The molecule has 1 unspecified atom stereocenters. The number of ether oxygens (including phenoxy) is 2. The standard InChI is InChI=1S/C9H10N2O2S/c1-2-11-7(4-10-14-11)3-8(1)12-5-9-6-13-9/h1-4,9-10H,5-6H2. The molecule has 0 spiro atoms. The zero-order valence-corrected chi connectivity index (χ0v) is 8.29. The molecule has 1 N–H and O–H groups in total. The number of hydrogen-bond donors (Lipinski definition) is 1. The van der Waals surface area contributed by atoms with Gasteiger partial charge in [0.2, 0.25) is 0 Å². The third-order valence-corrected chi connectivity index (χ3v) is 2.87. The summed E-state index contributed by atoms with van der Waals surface area (Å²) < 4.78 is 15.7. The fourth-order valence-electron chi connectivity index (χ4n) is 1.26. The molecule has 1 atom stereocenters. The Morgan fingerprint density at radius 1 is 1.71 bits per heavy atom. The van der Waals surface area contributed by atoms with Gasteiger partial charge in [0, 0.05) is 18.5 Å². The Balaban J connectivity index is 1.65. The van der Waals surface area contributed by atoms with Gasteiger partial charge in [-0.1, -0.05) is 0 Å². The van der Waals surface area contributed by atoms with Gasteiger partial charge in [0.25, 0.3) is 0 Å². The van der Waals surface area contributed by atoms with Gasteiger partial charge in [0.05, 0.1) is 24.4 Å². The minimum Gasteiger partial charge on any atom is -0.491 e. The van der Waals surface area contributed by atoms with Crippen molar-refractivity contribution >= 4 is 12.1 Å². The van der Waals surface area contributed by atoms with E-state index in [1.54, 1.807) is 12.1 Å². The highest BCUT2D eigenvalue weighted by molar-refractivity contribution is 7.95. The third kappa shape index (κ3) is 1.60. The van der Waals surface area contributed by atoms with Crippen LogP contribution in [0.1, 0.15) is 0 Å². The van der Waals surface area contributed by atoms with Crippen molar-refractivity contribution in [3.8, 4) is 0 Å². The van der Waals surface area contributed by atoms with Crippen molar-refractivity contribution in [2.24, 2.45) is 0 Å². The Morgan fingerprint density at radius 2 is 2.64 bits per heavy atom. The molecule has 0 aromatic carbocycles. The molecule has 0 bridgehead atoms. The number of rotatable bonds is 3. The average molecular weight is 210 g/mol. The minimum absolute atomic E-state index is 0.312. The first kappa shape index (κ1) is 8.26. The van der Waals surface area contributed by atoms with E-state index in [-0.39, 0.29) is 0 Å². The van der Waals surface area contributed by atoms with Gasteiger partial charge in [-0.3, -0.25) is 4.31 Å². The molecule has 0 aromatic heterocycles. The molecule has 3 aliphatic rings. The highest BCUT2D eigenvalue weighted by atomic mass is 32.2. The topological polar surface area (TPSA) is 37.0 Å². The van der Waals surface area contributed by atoms with Crippen LogP contribution in [0.4, 0.5) is 0 Å². The van der Waals surface area contributed by atoms with E-state index >= 15 is 0 Å². The minimum atomic E-state index is 0.312. The van der Waals surface area contributed by atoms with Crippen LogP contribution in [0, 0.1) is 0 Å². The normalized spacial score (nSPS) is 27.7. The Bertz CT molecular complexity index is 334. The van der Waals surface area contributed by atoms with Crippen LogP contribution >= 0.6 is 12.1 Å². The maximum absolute atomic E-state index is 5.56. The van der Waals surface area contributed by atoms with Gasteiger partial charge in [0.1, 0.15) is 18.5 Å². The van der Waals surface area contributed by atoms with E-state index in [2.05, 4.69) is 4.72 Å². The first-order valence-corrected chi connectivity index (χ1v) is 5.25. The van der Waals surface area contributed by atoms with E-state index in [1.807, 2.05) is 28.9 Å². The smallest absolute Gasteiger partial charge is 0.123 e. The molecule has 3 heterocycles. The predicted octanol–water partition coefficient (Wildman–Crippen LogP) is 1.12. The molecule has 3 aliphatic heterocycles. The molecule has 1 saturated heterocycles. The van der Waals surface area contributed by atoms with Gasteiger partial charge in [0.15, 0.2) is 0 Å². The van der Waals surface area contributed by atoms with Crippen molar-refractivity contribution < 1.29 is 9.47 Å². The second-order valence-corrected chi connectivity index (χ2v) is 4.04. The van der Waals surface area contributed by atoms with Crippen LogP contribution in [0.5, 0.6) is 0 Å². The monoisotopic (exact) mass is 210 g/mol. The Morgan fingerprint density at radius 3 is 3.50 bits per heavy atom. The van der Waals surface area contributed by atoms with E-state index < -0.39 is 0 Å². The number of nitrogens with zero attached hydrogens (tertiary/aromatic N) is 1. The number of nitrogens with one attached hydrogen (secondary N) is 1. The molecule has 1 fully saturated rings. The van der Waals surface area contributed by atoms with Gasteiger partial charge >= 0.3 is 0 Å². The van der Waals surface area contributed by atoms with E-state index in [1.165, 1.54) is 0 Å². The quantitative estimate of drug-likeness (QED) is 0.558. The number of allylic oxidation sites excluding steroid dienone is 2. The molecular weight excluding hydrogens is 200 g/mol. The fraction of sp³-hybridized carbons (Fsp3) is 0.333. The van der Waals surface area contributed by atoms with Gasteiger partial charge in [-0.25, -0.2) is 0 Å². The summed E-state index contributed by atoms with van der Waals surface area (Å²) in [6.45, 7) is 1.49. The van der Waals surface area contributed by atoms with Gasteiger partial charge in [-0.15, -0.1) is 0 Å². The molecule has 4 nitrogen and oxygen atoms in total. The summed E-state index contributed by atoms with van der Waals surface area (Å²) >= 11 is 1.54. The Hall–Kier alpha value is -1.07. The lowest BCUT2D eigenvalue weighted by molar-refractivity contribution is 0.191. The van der Waals surface area contributed by atoms with Crippen LogP contribution in [0.2, 0.25) is 0 Å². The lowest BCUT2D eigenvalue weighted by atomic mass is 10.3. The molecule has 0 aliphatic carbocycles. The molecular formula is C9H10N2O2S. The lowest BCUT2D eigenvalue weighted by Crippen LogP contribution is -2.09. The van der Waals surface area contributed by atoms with Crippen LogP contribution in [0.15, 0.2) is 36.0 Å². The van der Waals surface area contributed by atoms with Gasteiger partial charge in [-0.05, 0) is 6.08 Å². The molecule has 0 radical (unpaired) electrons. The summed E-state index contributed by atoms with van der Waals surface area (Å²) in [6, 6.07) is 0. The predicted molar refractivity (Wildman–Crippen MR) is 53.6 cm³/mol. The van der Waals surface area contributed by atoms with Crippen molar-refractivity contribution in [2.75, 3.05) is 13.2 Å². The largest absolute Gasteiger partial charge is 0.491 e. The second-order valence-electron chi connectivity index (χ2n) is 3.23. The Labute approximate surface area is 86.5 Å². The molecule has 0 aromatic rings. The first-order valence-electron chi connectivity index (χ1n) is 4.48. The van der Waals surface area contributed by atoms with Crippen molar-refractivity contribution in [3.05, 3.63) is 36.0 Å². The van der Waals surface area contributed by atoms with Crippen molar-refractivity contribution in [3.63, 3.8) is 0 Å². The van der Waals surface area contributed by atoms with Crippen molar-refractivity contribution in [1.82, 2.24) is 9.03 Å². The summed E-state index contributed by atoms with van der Waals surface area (Å²) in [4.78, 5) is 0. The van der Waals surface area contributed by atoms with Crippen LogP contribution in [0.3, 0.4) is 0 Å². The second kappa shape index (κ2) is 3.25. The van der Waals surface area contributed by atoms with E-state index in [9.17, 15) is 0 Å². The van der Waals surface area contributed by atoms with Gasteiger partial charge in [-0.2, -0.15) is 0 Å². The maximum Gasteiger partial charge on any atom is 0.123 e. The number of hydrogen-bond acceptors (Lipinski definition) is 5. The molecule has 14 heavy (non-hydrogen) atoms. The van der Waals surface area contributed by atoms with Crippen LogP contribution in [-0.4, -0.2) is 23.6 Å². The molecule has 3 rings (SSSR count). The van der Waals surface area contributed by atoms with Crippen LogP contribution in [-0.2, 0) is 9.47 Å². The summed E-state index contributed by atoms with van der Waals surface area (Å²) in [5, 5.41) is 0. The van der Waals surface area contributed by atoms with E-state index in [0.29, 0.717) is 12.7 Å². The molecule has 74 valence electrons. The third-order valence-electron chi connectivity index (χ3n) is 2.11. The van der Waals surface area contributed by atoms with Crippen molar-refractivity contribution in [2.45, 2.75) is 6.10 Å². The molecule has 5 heteroatoms. The van der Waals surface area contributed by atoms with E-state index in [4.69, 9.17) is 9.47 Å². The molecule has 0 amide bonds. The fourth-order valence-corrected chi connectivity index (χ4v) is 1.88. The summed E-state index contributed by atoms with van der Waals surface area (Å²) in [5.74, 6) is 0.896. The Kier molecular flexibility index (Phi) is 1.92. The zero-order chi connectivity index (χ0) is 9.38. The van der Waals surface area contributed by atoms with Gasteiger partial charge < -0.3 is 14.2 Å². The number of fused-ring (bicyclic) bond motifs is 1. The summed E-state index contributed by atoms with van der Waals surface area (Å²) in [7, 11) is 0. The SMILES string of the molecule is C1=CN2SNC=C2C=C1OCC1CO1. The van der Waals surface area contributed by atoms with E-state index in [0.717, 1.165) is 18.1 Å². The maximum atomic E-state index is 5.56. The first-order chi connectivity index (χ1) is 6.92. The summed E-state index contributed by atoms with van der Waals surface area (Å²) in [6.07, 6.45) is 8.22. The highest BCUT2D eigenvalue weighted by Gasteiger charge is 2.24. The number of epoxide rings is 1. The molecule has 0 saturated carbocycles. The summed E-state index contributed by atoms with van der Waals surface area (Å²) in [5.41, 5.74) is 1.12. The lowest BCUT2D eigenvalue weighted by Gasteiger charge is -2.17. The van der Waals surface area contributed by atoms with Crippen LogP contribution in [0.25, 0.3) is 0 Å². The highest BCUT2D eigenvalue weighted by Crippen LogP contribution is 2.27.